The number of fused-ring (bicyclic) bond motifs is 1. The molecule has 2 unspecified atom stereocenters. The van der Waals surface area contributed by atoms with Crippen LogP contribution in [0.25, 0.3) is 0 Å². The van der Waals surface area contributed by atoms with Gasteiger partial charge in [-0.15, -0.1) is 0 Å². The Labute approximate surface area is 120 Å². The average Bonchev–Trinajstić information content (AvgIpc) is 2.77. The van der Waals surface area contributed by atoms with Gasteiger partial charge in [-0.25, -0.2) is 4.39 Å². The third kappa shape index (κ3) is 2.44. The highest BCUT2D eigenvalue weighted by Crippen LogP contribution is 2.43. The minimum absolute atomic E-state index is 0.169. The van der Waals surface area contributed by atoms with E-state index in [1.165, 1.54) is 6.07 Å². The van der Waals surface area contributed by atoms with Crippen molar-refractivity contribution in [2.24, 2.45) is 0 Å². The second-order valence-electron chi connectivity index (χ2n) is 5.91. The Morgan fingerprint density at radius 2 is 1.95 bits per heavy atom. The van der Waals surface area contributed by atoms with Crippen molar-refractivity contribution in [1.82, 2.24) is 4.90 Å². The van der Waals surface area contributed by atoms with E-state index in [0.29, 0.717) is 13.0 Å². The Hall–Kier alpha value is -1.14. The predicted octanol–water partition coefficient (Wildman–Crippen LogP) is 3.29. The second-order valence-corrected chi connectivity index (χ2v) is 5.91. The topological polar surface area (TPSA) is 23.5 Å². The van der Waals surface area contributed by atoms with Gasteiger partial charge < -0.3 is 5.11 Å². The van der Waals surface area contributed by atoms with E-state index in [1.807, 2.05) is 0 Å². The van der Waals surface area contributed by atoms with Gasteiger partial charge in [-0.3, -0.25) is 4.90 Å². The minimum Gasteiger partial charge on any atom is -0.383 e. The van der Waals surface area contributed by atoms with Crippen molar-refractivity contribution in [2.75, 3.05) is 13.1 Å². The van der Waals surface area contributed by atoms with E-state index in [4.69, 9.17) is 0 Å². The Morgan fingerprint density at radius 3 is 2.67 bits per heavy atom. The smallest absolute Gasteiger partial charge is 0.383 e. The van der Waals surface area contributed by atoms with Crippen molar-refractivity contribution in [3.05, 3.63) is 35.1 Å². The van der Waals surface area contributed by atoms with Crippen molar-refractivity contribution >= 4 is 0 Å². The molecule has 0 aliphatic carbocycles. The summed E-state index contributed by atoms with van der Waals surface area (Å²) in [7, 11) is 0. The molecule has 116 valence electrons. The highest BCUT2D eigenvalue weighted by atomic mass is 19.4. The zero-order chi connectivity index (χ0) is 15.3. The number of benzene rings is 1. The lowest BCUT2D eigenvalue weighted by Gasteiger charge is -2.37. The fourth-order valence-corrected chi connectivity index (χ4v) is 3.63. The summed E-state index contributed by atoms with van der Waals surface area (Å²) in [5, 5.41) is 10.9. The van der Waals surface area contributed by atoms with Crippen LogP contribution in [0.3, 0.4) is 0 Å². The minimum atomic E-state index is -4.75. The van der Waals surface area contributed by atoms with E-state index in [1.54, 1.807) is 0 Å². The molecule has 2 saturated heterocycles. The van der Waals surface area contributed by atoms with Crippen molar-refractivity contribution in [1.29, 1.82) is 0 Å². The van der Waals surface area contributed by atoms with E-state index < -0.39 is 23.2 Å². The summed E-state index contributed by atoms with van der Waals surface area (Å²) in [6.07, 6.45) is -1.60. The highest BCUT2D eigenvalue weighted by Gasteiger charge is 2.48. The fourth-order valence-electron chi connectivity index (χ4n) is 3.63. The largest absolute Gasteiger partial charge is 0.419 e. The first-order valence-corrected chi connectivity index (χ1v) is 7.16. The van der Waals surface area contributed by atoms with E-state index in [9.17, 15) is 22.7 Å². The van der Waals surface area contributed by atoms with E-state index in [2.05, 4.69) is 4.90 Å². The molecule has 3 rings (SSSR count). The number of hydrogen-bond donors (Lipinski definition) is 1. The van der Waals surface area contributed by atoms with E-state index in [0.717, 1.165) is 37.9 Å². The summed E-state index contributed by atoms with van der Waals surface area (Å²) < 4.78 is 51.9. The molecule has 0 spiro atoms. The molecule has 1 aromatic carbocycles. The normalized spacial score (nSPS) is 30.4. The molecule has 0 saturated carbocycles. The number of hydrogen-bond acceptors (Lipinski definition) is 2. The zero-order valence-electron chi connectivity index (χ0n) is 11.5. The zero-order valence-corrected chi connectivity index (χ0v) is 11.5. The molecule has 2 aliphatic rings. The van der Waals surface area contributed by atoms with Gasteiger partial charge in [0.25, 0.3) is 0 Å². The molecule has 0 aromatic heterocycles. The molecule has 2 aliphatic heterocycles. The molecule has 21 heavy (non-hydrogen) atoms. The van der Waals surface area contributed by atoms with Gasteiger partial charge in [0.1, 0.15) is 11.4 Å². The lowest BCUT2D eigenvalue weighted by Crippen LogP contribution is -2.45. The highest BCUT2D eigenvalue weighted by molar-refractivity contribution is 5.33. The number of aliphatic hydroxyl groups is 1. The molecule has 2 fully saturated rings. The van der Waals surface area contributed by atoms with Crippen LogP contribution in [0.15, 0.2) is 18.2 Å². The number of piperidine rings is 1. The van der Waals surface area contributed by atoms with Gasteiger partial charge in [-0.2, -0.15) is 13.2 Å². The van der Waals surface area contributed by atoms with Gasteiger partial charge in [-0.1, -0.05) is 12.5 Å². The van der Waals surface area contributed by atoms with Crippen LogP contribution in [0.2, 0.25) is 0 Å². The van der Waals surface area contributed by atoms with Gasteiger partial charge in [0.2, 0.25) is 0 Å². The van der Waals surface area contributed by atoms with Gasteiger partial charge in [0.15, 0.2) is 0 Å². The number of alkyl halides is 3. The molecule has 1 aromatic rings. The van der Waals surface area contributed by atoms with Crippen molar-refractivity contribution < 1.29 is 22.7 Å². The number of rotatable bonds is 1. The Balaban J connectivity index is 2.00. The standard InChI is InChI=1S/C15H17F4NO/c16-12-5-4-10(9-11(12)15(17,18)19)14(21)6-8-20-7-2-1-3-13(14)20/h4-5,9,13,21H,1-3,6-8H2. The fraction of sp³-hybridized carbons (Fsp3) is 0.600. The monoisotopic (exact) mass is 303 g/mol. The molecular weight excluding hydrogens is 286 g/mol. The summed E-state index contributed by atoms with van der Waals surface area (Å²) in [6, 6.07) is 2.69. The second kappa shape index (κ2) is 4.95. The Morgan fingerprint density at radius 1 is 1.19 bits per heavy atom. The van der Waals surface area contributed by atoms with Crippen LogP contribution in [0.4, 0.5) is 17.6 Å². The van der Waals surface area contributed by atoms with Crippen LogP contribution in [-0.4, -0.2) is 29.1 Å². The summed E-state index contributed by atoms with van der Waals surface area (Å²) in [5.74, 6) is -1.30. The molecule has 6 heteroatoms. The SMILES string of the molecule is OC1(c2ccc(F)c(C(F)(F)F)c2)CCN2CCCCC21. The molecule has 0 amide bonds. The third-order valence-corrected chi connectivity index (χ3v) is 4.72. The summed E-state index contributed by atoms with van der Waals surface area (Å²) in [5.41, 5.74) is -2.44. The van der Waals surface area contributed by atoms with Crippen molar-refractivity contribution in [3.63, 3.8) is 0 Å². The molecule has 1 N–H and O–H groups in total. The van der Waals surface area contributed by atoms with Crippen LogP contribution in [0, 0.1) is 5.82 Å². The molecular formula is C15H17F4NO. The average molecular weight is 303 g/mol. The van der Waals surface area contributed by atoms with Crippen LogP contribution < -0.4 is 0 Å². The maximum Gasteiger partial charge on any atom is 0.419 e. The first-order chi connectivity index (χ1) is 9.82. The third-order valence-electron chi connectivity index (χ3n) is 4.72. The first-order valence-electron chi connectivity index (χ1n) is 7.16. The van der Waals surface area contributed by atoms with E-state index >= 15 is 0 Å². The number of halogens is 4. The molecule has 0 bridgehead atoms. The Kier molecular flexibility index (Phi) is 3.48. The summed E-state index contributed by atoms with van der Waals surface area (Å²) in [6.45, 7) is 1.53. The Bertz CT molecular complexity index is 545. The molecule has 0 radical (unpaired) electrons. The van der Waals surface area contributed by atoms with Crippen molar-refractivity contribution in [2.45, 2.75) is 43.5 Å². The first kappa shape index (κ1) is 14.8. The predicted molar refractivity (Wildman–Crippen MR) is 69.1 cm³/mol. The van der Waals surface area contributed by atoms with Crippen LogP contribution in [0.1, 0.15) is 36.8 Å². The van der Waals surface area contributed by atoms with Gasteiger partial charge in [0.05, 0.1) is 5.56 Å². The van der Waals surface area contributed by atoms with Gasteiger partial charge >= 0.3 is 6.18 Å². The summed E-state index contributed by atoms with van der Waals surface area (Å²) >= 11 is 0. The maximum atomic E-state index is 13.4. The summed E-state index contributed by atoms with van der Waals surface area (Å²) in [4.78, 5) is 2.13. The molecule has 2 heterocycles. The molecule has 2 atom stereocenters. The van der Waals surface area contributed by atoms with Crippen LogP contribution in [0.5, 0.6) is 0 Å². The van der Waals surface area contributed by atoms with Gasteiger partial charge in [0, 0.05) is 12.6 Å². The quantitative estimate of drug-likeness (QED) is 0.805. The lowest BCUT2D eigenvalue weighted by molar-refractivity contribution is -0.140. The van der Waals surface area contributed by atoms with Crippen LogP contribution >= 0.6 is 0 Å². The van der Waals surface area contributed by atoms with Crippen molar-refractivity contribution in [3.8, 4) is 0 Å². The van der Waals surface area contributed by atoms with Crippen LogP contribution in [-0.2, 0) is 11.8 Å². The number of nitrogens with zero attached hydrogens (tertiary/aromatic N) is 1. The van der Waals surface area contributed by atoms with E-state index in [-0.39, 0.29) is 11.6 Å². The molecule has 2 nitrogen and oxygen atoms in total. The van der Waals surface area contributed by atoms with Gasteiger partial charge in [-0.05, 0) is 43.5 Å². The lowest BCUT2D eigenvalue weighted by atomic mass is 9.82. The maximum absolute atomic E-state index is 13.4.